The molecule has 0 bridgehead atoms. The number of rotatable bonds is 6. The molecule has 0 saturated heterocycles. The number of hydrogen-bond acceptors (Lipinski definition) is 4. The lowest BCUT2D eigenvalue weighted by atomic mass is 9.89. The summed E-state index contributed by atoms with van der Waals surface area (Å²) in [4.78, 5) is 22.6. The van der Waals surface area contributed by atoms with E-state index in [2.05, 4.69) is 5.32 Å². The van der Waals surface area contributed by atoms with Gasteiger partial charge < -0.3 is 10.4 Å². The number of carbonyl (C=O) groups excluding carboxylic acids is 1. The first kappa shape index (κ1) is 17.1. The highest BCUT2D eigenvalue weighted by atomic mass is 32.2. The van der Waals surface area contributed by atoms with Crippen molar-refractivity contribution in [1.29, 1.82) is 0 Å². The number of benzene rings is 1. The molecule has 21 heavy (non-hydrogen) atoms. The molecule has 7 nitrogen and oxygen atoms in total. The quantitative estimate of drug-likeness (QED) is 0.702. The Hall–Kier alpha value is -1.93. The van der Waals surface area contributed by atoms with E-state index >= 15 is 0 Å². The maximum Gasteiger partial charge on any atom is 0.309 e. The van der Waals surface area contributed by atoms with Gasteiger partial charge in [-0.15, -0.1) is 0 Å². The van der Waals surface area contributed by atoms with Crippen molar-refractivity contribution in [3.63, 3.8) is 0 Å². The highest BCUT2D eigenvalue weighted by Gasteiger charge is 2.29. The molecule has 0 aromatic heterocycles. The lowest BCUT2D eigenvalue weighted by Crippen LogP contribution is -2.33. The van der Waals surface area contributed by atoms with Crippen LogP contribution in [0.4, 0.5) is 0 Å². The van der Waals surface area contributed by atoms with E-state index in [1.165, 1.54) is 38.1 Å². The molecule has 0 aliphatic rings. The van der Waals surface area contributed by atoms with E-state index in [1.54, 1.807) is 0 Å². The minimum atomic E-state index is -3.74. The first-order valence-corrected chi connectivity index (χ1v) is 7.69. The second-order valence-electron chi connectivity index (χ2n) is 5.33. The number of amides is 1. The third-order valence-corrected chi connectivity index (χ3v) is 3.85. The summed E-state index contributed by atoms with van der Waals surface area (Å²) in [5.74, 6) is -1.44. The van der Waals surface area contributed by atoms with Gasteiger partial charge in [-0.3, -0.25) is 9.59 Å². The lowest BCUT2D eigenvalue weighted by Gasteiger charge is -2.18. The van der Waals surface area contributed by atoms with Crippen LogP contribution in [0.25, 0.3) is 0 Å². The van der Waals surface area contributed by atoms with Crippen molar-refractivity contribution in [2.75, 3.05) is 0 Å². The Morgan fingerprint density at radius 2 is 1.76 bits per heavy atom. The summed E-state index contributed by atoms with van der Waals surface area (Å²) in [5, 5.41) is 16.5. The molecule has 116 valence electrons. The zero-order valence-corrected chi connectivity index (χ0v) is 12.6. The van der Waals surface area contributed by atoms with Crippen molar-refractivity contribution < 1.29 is 23.1 Å². The smallest absolute Gasteiger partial charge is 0.309 e. The molecule has 4 N–H and O–H groups in total. The van der Waals surface area contributed by atoms with Crippen molar-refractivity contribution in [1.82, 2.24) is 5.32 Å². The van der Waals surface area contributed by atoms with E-state index in [1.807, 2.05) is 0 Å². The van der Waals surface area contributed by atoms with Crippen LogP contribution in [0.2, 0.25) is 0 Å². The molecular weight excluding hydrogens is 296 g/mol. The summed E-state index contributed by atoms with van der Waals surface area (Å²) in [6.45, 7) is 3.12. The number of carboxylic acid groups (broad SMARTS) is 1. The Bertz CT molecular complexity index is 635. The Morgan fingerprint density at radius 1 is 1.24 bits per heavy atom. The third kappa shape index (κ3) is 5.16. The minimum absolute atomic E-state index is 0.00964. The van der Waals surface area contributed by atoms with Crippen molar-refractivity contribution in [2.45, 2.75) is 31.7 Å². The second-order valence-corrected chi connectivity index (χ2v) is 6.89. The molecule has 0 unspecified atom stereocenters. The molecule has 1 amide bonds. The maximum atomic E-state index is 11.7. The Balaban J connectivity index is 2.60. The number of sulfonamides is 1. The van der Waals surface area contributed by atoms with Gasteiger partial charge in [0.15, 0.2) is 0 Å². The van der Waals surface area contributed by atoms with Gasteiger partial charge in [-0.05, 0) is 31.5 Å². The Kier molecular flexibility index (Phi) is 5.08. The van der Waals surface area contributed by atoms with E-state index in [0.29, 0.717) is 5.56 Å². The van der Waals surface area contributed by atoms with Crippen LogP contribution in [0.5, 0.6) is 0 Å². The normalized spacial score (nSPS) is 12.0. The van der Waals surface area contributed by atoms with Crippen molar-refractivity contribution >= 4 is 21.9 Å². The molecule has 1 rings (SSSR count). The fourth-order valence-electron chi connectivity index (χ4n) is 1.54. The van der Waals surface area contributed by atoms with E-state index in [-0.39, 0.29) is 17.9 Å². The highest BCUT2D eigenvalue weighted by molar-refractivity contribution is 7.89. The van der Waals surface area contributed by atoms with Crippen LogP contribution in [-0.2, 0) is 26.2 Å². The molecule has 0 radical (unpaired) electrons. The molecular formula is C13H18N2O5S. The first-order valence-electron chi connectivity index (χ1n) is 6.14. The van der Waals surface area contributed by atoms with Gasteiger partial charge in [0.2, 0.25) is 15.9 Å². The minimum Gasteiger partial charge on any atom is -0.481 e. The molecule has 0 heterocycles. The zero-order valence-electron chi connectivity index (χ0n) is 11.8. The molecule has 8 heteroatoms. The SMILES string of the molecule is CC(C)(CC(=O)NCc1ccc(S(N)(=O)=O)cc1)C(=O)O. The van der Waals surface area contributed by atoms with Crippen molar-refractivity contribution in [3.05, 3.63) is 29.8 Å². The summed E-state index contributed by atoms with van der Waals surface area (Å²) in [6, 6.07) is 5.75. The van der Waals surface area contributed by atoms with Crippen LogP contribution in [0.3, 0.4) is 0 Å². The summed E-state index contributed by atoms with van der Waals surface area (Å²) in [6.07, 6.45) is -0.141. The van der Waals surface area contributed by atoms with Gasteiger partial charge in [-0.2, -0.15) is 0 Å². The van der Waals surface area contributed by atoms with Gasteiger partial charge >= 0.3 is 5.97 Å². The van der Waals surface area contributed by atoms with E-state index < -0.39 is 27.3 Å². The summed E-state index contributed by atoms with van der Waals surface area (Å²) in [7, 11) is -3.74. The average molecular weight is 314 g/mol. The fourth-order valence-corrected chi connectivity index (χ4v) is 2.05. The van der Waals surface area contributed by atoms with Gasteiger partial charge in [0.1, 0.15) is 0 Å². The molecule has 0 atom stereocenters. The van der Waals surface area contributed by atoms with Gasteiger partial charge in [-0.1, -0.05) is 12.1 Å². The zero-order chi connectivity index (χ0) is 16.3. The highest BCUT2D eigenvalue weighted by Crippen LogP contribution is 2.20. The largest absolute Gasteiger partial charge is 0.481 e. The topological polar surface area (TPSA) is 127 Å². The number of nitrogens with two attached hydrogens (primary N) is 1. The van der Waals surface area contributed by atoms with Crippen LogP contribution in [0.15, 0.2) is 29.2 Å². The average Bonchev–Trinajstić information content (AvgIpc) is 2.35. The molecule has 1 aromatic rings. The summed E-state index contributed by atoms with van der Waals surface area (Å²) >= 11 is 0. The second kappa shape index (κ2) is 6.23. The molecule has 0 fully saturated rings. The van der Waals surface area contributed by atoms with Crippen LogP contribution >= 0.6 is 0 Å². The van der Waals surface area contributed by atoms with Gasteiger partial charge in [-0.25, -0.2) is 13.6 Å². The number of carboxylic acids is 1. The monoisotopic (exact) mass is 314 g/mol. The molecule has 0 aliphatic carbocycles. The predicted octanol–water partition coefficient (Wildman–Crippen LogP) is 0.451. The van der Waals surface area contributed by atoms with Crippen LogP contribution in [0, 0.1) is 5.41 Å². The Morgan fingerprint density at radius 3 is 2.19 bits per heavy atom. The number of hydrogen-bond donors (Lipinski definition) is 3. The lowest BCUT2D eigenvalue weighted by molar-refractivity contribution is -0.149. The van der Waals surface area contributed by atoms with E-state index in [4.69, 9.17) is 10.2 Å². The van der Waals surface area contributed by atoms with E-state index in [0.717, 1.165) is 0 Å². The van der Waals surface area contributed by atoms with Gasteiger partial charge in [0.05, 0.1) is 10.3 Å². The Labute approximate surface area is 123 Å². The predicted molar refractivity (Wildman–Crippen MR) is 75.7 cm³/mol. The van der Waals surface area contributed by atoms with Gasteiger partial charge in [0, 0.05) is 13.0 Å². The van der Waals surface area contributed by atoms with E-state index in [9.17, 15) is 18.0 Å². The van der Waals surface area contributed by atoms with Crippen molar-refractivity contribution in [2.24, 2.45) is 10.6 Å². The summed E-state index contributed by atoms with van der Waals surface area (Å²) < 4.78 is 22.2. The van der Waals surface area contributed by atoms with Gasteiger partial charge in [0.25, 0.3) is 0 Å². The molecule has 0 saturated carbocycles. The van der Waals surface area contributed by atoms with Crippen LogP contribution in [-0.4, -0.2) is 25.4 Å². The first-order chi connectivity index (χ1) is 9.52. The molecule has 0 spiro atoms. The molecule has 0 aliphatic heterocycles. The number of nitrogens with one attached hydrogen (secondary N) is 1. The standard InChI is InChI=1S/C13H18N2O5S/c1-13(2,12(17)18)7-11(16)15-8-9-3-5-10(6-4-9)21(14,19)20/h3-6H,7-8H2,1-2H3,(H,15,16)(H,17,18)(H2,14,19,20). The number of carbonyl (C=O) groups is 2. The third-order valence-electron chi connectivity index (χ3n) is 2.92. The van der Waals surface area contributed by atoms with Crippen molar-refractivity contribution in [3.8, 4) is 0 Å². The number of primary sulfonamides is 1. The van der Waals surface area contributed by atoms with Crippen LogP contribution in [0.1, 0.15) is 25.8 Å². The summed E-state index contributed by atoms with van der Waals surface area (Å²) in [5.41, 5.74) is -0.453. The number of aliphatic carboxylic acids is 1. The maximum absolute atomic E-state index is 11.7. The molecule has 1 aromatic carbocycles. The fraction of sp³-hybridized carbons (Fsp3) is 0.385. The van der Waals surface area contributed by atoms with Crippen LogP contribution < -0.4 is 10.5 Å².